The number of nitrogens with one attached hydrogen (secondary N) is 2. The van der Waals surface area contributed by atoms with Gasteiger partial charge in [0.1, 0.15) is 23.6 Å². The lowest BCUT2D eigenvalue weighted by Gasteiger charge is -2.08. The summed E-state index contributed by atoms with van der Waals surface area (Å²) in [5, 5.41) is 9.68. The SMILES string of the molecule is Cc1cc(=O)oc2cc(OCc3cn(-c4ccc(-c5c6nc(c(-c7ccccc7)c7ccc([nH]7)c(-c7ccccc7)c7nc(c(-c8ccccc8)c8ccc5[nH]8)C=C7)C=C6)cc4)nn3)ccc12. The Bertz CT molecular complexity index is 3790. The molecule has 0 unspecified atom stereocenters. The van der Waals surface area contributed by atoms with E-state index in [0.29, 0.717) is 17.0 Å². The van der Waals surface area contributed by atoms with Crippen LogP contribution in [0, 0.1) is 6.92 Å². The van der Waals surface area contributed by atoms with Crippen molar-refractivity contribution in [1.29, 1.82) is 0 Å². The molecule has 12 rings (SSSR count). The lowest BCUT2D eigenvalue weighted by Crippen LogP contribution is -1.99. The highest BCUT2D eigenvalue weighted by molar-refractivity contribution is 6.00. The van der Waals surface area contributed by atoms with Crippen LogP contribution in [0.25, 0.3) is 108 Å². The van der Waals surface area contributed by atoms with Gasteiger partial charge in [0.05, 0.1) is 34.7 Å². The van der Waals surface area contributed by atoms with Crippen molar-refractivity contribution in [1.82, 2.24) is 34.9 Å². The monoisotopic (exact) mass is 869 g/mol. The van der Waals surface area contributed by atoms with Crippen LogP contribution in [0.3, 0.4) is 0 Å². The van der Waals surface area contributed by atoms with Crippen molar-refractivity contribution < 1.29 is 9.15 Å². The molecule has 67 heavy (non-hydrogen) atoms. The number of rotatable bonds is 8. The number of H-pyrrole nitrogens is 2. The van der Waals surface area contributed by atoms with E-state index in [-0.39, 0.29) is 6.61 Å². The third-order valence-electron chi connectivity index (χ3n) is 12.2. The topological polar surface area (TPSA) is 128 Å². The molecule has 0 radical (unpaired) electrons. The number of aromatic amines is 2. The van der Waals surface area contributed by atoms with Crippen molar-refractivity contribution in [3.63, 3.8) is 0 Å². The quantitative estimate of drug-likeness (QED) is 0.146. The zero-order valence-corrected chi connectivity index (χ0v) is 36.1. The molecule has 0 spiro atoms. The van der Waals surface area contributed by atoms with Gasteiger partial charge < -0.3 is 19.1 Å². The molecule has 0 saturated heterocycles. The van der Waals surface area contributed by atoms with Crippen molar-refractivity contribution in [2.24, 2.45) is 0 Å². The Labute approximate surface area is 383 Å². The Morgan fingerprint density at radius 2 is 1.00 bits per heavy atom. The summed E-state index contributed by atoms with van der Waals surface area (Å²) in [6, 6.07) is 55.0. The Balaban J connectivity index is 1.01. The first-order valence-electron chi connectivity index (χ1n) is 22.0. The second kappa shape index (κ2) is 16.4. The van der Waals surface area contributed by atoms with Crippen molar-refractivity contribution in [3.05, 3.63) is 214 Å². The molecule has 320 valence electrons. The number of benzene rings is 5. The molecular weight excluding hydrogens is 831 g/mol. The summed E-state index contributed by atoms with van der Waals surface area (Å²) >= 11 is 0. The van der Waals surface area contributed by atoms with Gasteiger partial charge in [-0.15, -0.1) is 5.10 Å². The number of nitrogens with zero attached hydrogens (tertiary/aromatic N) is 5. The summed E-state index contributed by atoms with van der Waals surface area (Å²) in [6.45, 7) is 2.06. The summed E-state index contributed by atoms with van der Waals surface area (Å²) in [7, 11) is 0. The summed E-state index contributed by atoms with van der Waals surface area (Å²) in [5.41, 5.74) is 17.6. The first-order valence-corrected chi connectivity index (χ1v) is 22.0. The molecule has 10 heteroatoms. The number of aryl methyl sites for hydroxylation is 1. The van der Waals surface area contributed by atoms with Gasteiger partial charge in [0.2, 0.25) is 0 Å². The highest BCUT2D eigenvalue weighted by Gasteiger charge is 2.19. The molecule has 2 aliphatic rings. The maximum absolute atomic E-state index is 12.0. The Hall–Kier alpha value is -9.15. The van der Waals surface area contributed by atoms with Gasteiger partial charge in [0.25, 0.3) is 0 Å². The van der Waals surface area contributed by atoms with E-state index in [4.69, 9.17) is 19.1 Å². The van der Waals surface area contributed by atoms with Crippen LogP contribution in [0.1, 0.15) is 34.0 Å². The summed E-state index contributed by atoms with van der Waals surface area (Å²) in [6.07, 6.45) is 10.3. The van der Waals surface area contributed by atoms with Crippen LogP contribution in [0.5, 0.6) is 5.75 Å². The fourth-order valence-electron chi connectivity index (χ4n) is 9.06. The summed E-state index contributed by atoms with van der Waals surface area (Å²) in [4.78, 5) is 30.5. The average molecular weight is 870 g/mol. The van der Waals surface area contributed by atoms with Crippen LogP contribution in [-0.2, 0) is 6.61 Å². The molecule has 8 bridgehead atoms. The van der Waals surface area contributed by atoms with Crippen LogP contribution in [0.2, 0.25) is 0 Å². The average Bonchev–Trinajstić information content (AvgIpc) is 4.24. The Morgan fingerprint density at radius 3 is 1.48 bits per heavy atom. The standard InChI is InChI=1S/C57H39N7O3/c1-35-31-53(65)67-52-32-42(21-22-43(35)52)66-34-40-33-64(63-62-40)41-19-17-39(18-20-41)57-50-29-27-48(60-50)55(37-13-7-3-8-14-37)46-25-23-44(58-46)54(36-11-5-2-6-12-36)45-24-26-47(59-45)56(38-15-9-4-10-16-38)49-28-30-51(57)61-49/h2-33,58,61H,34H2,1H3. The lowest BCUT2D eigenvalue weighted by molar-refractivity contribution is 0.301. The number of aromatic nitrogens is 7. The van der Waals surface area contributed by atoms with Gasteiger partial charge in [-0.2, -0.15) is 0 Å². The molecule has 0 aliphatic carbocycles. The molecule has 0 amide bonds. The minimum Gasteiger partial charge on any atom is -0.487 e. The largest absolute Gasteiger partial charge is 0.487 e. The molecule has 5 aromatic heterocycles. The lowest BCUT2D eigenvalue weighted by atomic mass is 10.0. The minimum absolute atomic E-state index is 0.180. The molecule has 2 aliphatic heterocycles. The first-order chi connectivity index (χ1) is 33.0. The number of hydrogen-bond donors (Lipinski definition) is 2. The number of hydrogen-bond acceptors (Lipinski definition) is 7. The molecule has 2 N–H and O–H groups in total. The summed E-state index contributed by atoms with van der Waals surface area (Å²) in [5.74, 6) is 0.564. The van der Waals surface area contributed by atoms with Gasteiger partial charge in [0.15, 0.2) is 0 Å². The first kappa shape index (κ1) is 39.4. The molecule has 0 atom stereocenters. The maximum atomic E-state index is 12.0. The minimum atomic E-state index is -0.395. The normalized spacial score (nSPS) is 12.0. The number of fused-ring (bicyclic) bond motifs is 9. The predicted octanol–water partition coefficient (Wildman–Crippen LogP) is 12.9. The number of ether oxygens (including phenoxy) is 1. The van der Waals surface area contributed by atoms with Crippen LogP contribution in [-0.4, -0.2) is 34.9 Å². The van der Waals surface area contributed by atoms with E-state index in [1.807, 2.05) is 55.6 Å². The van der Waals surface area contributed by atoms with E-state index in [2.05, 4.69) is 154 Å². The van der Waals surface area contributed by atoms with Gasteiger partial charge in [-0.3, -0.25) is 0 Å². The highest BCUT2D eigenvalue weighted by Crippen LogP contribution is 2.38. The fourth-order valence-corrected chi connectivity index (χ4v) is 9.06. The van der Waals surface area contributed by atoms with Crippen LogP contribution in [0.15, 0.2) is 179 Å². The van der Waals surface area contributed by atoms with Crippen molar-refractivity contribution in [2.75, 3.05) is 0 Å². The zero-order chi connectivity index (χ0) is 44.8. The highest BCUT2D eigenvalue weighted by atomic mass is 16.5. The maximum Gasteiger partial charge on any atom is 0.336 e. The molecule has 10 aromatic rings. The van der Waals surface area contributed by atoms with Gasteiger partial charge in [-0.1, -0.05) is 108 Å². The van der Waals surface area contributed by atoms with E-state index in [0.717, 1.165) is 106 Å². The van der Waals surface area contributed by atoms with Gasteiger partial charge in [-0.05, 0) is 108 Å². The Morgan fingerprint density at radius 1 is 0.537 bits per heavy atom. The molecule has 7 heterocycles. The summed E-state index contributed by atoms with van der Waals surface area (Å²) < 4.78 is 13.2. The second-order valence-corrected chi connectivity index (χ2v) is 16.5. The molecular formula is C57H39N7O3. The van der Waals surface area contributed by atoms with E-state index >= 15 is 0 Å². The molecule has 10 nitrogen and oxygen atoms in total. The molecule has 5 aromatic carbocycles. The fraction of sp³-hybridized carbons (Fsp3) is 0.0351. The third-order valence-corrected chi connectivity index (χ3v) is 12.2. The van der Waals surface area contributed by atoms with Gasteiger partial charge >= 0.3 is 5.63 Å². The van der Waals surface area contributed by atoms with Crippen LogP contribution in [0.4, 0.5) is 0 Å². The van der Waals surface area contributed by atoms with Crippen molar-refractivity contribution in [2.45, 2.75) is 13.5 Å². The zero-order valence-electron chi connectivity index (χ0n) is 36.1. The van der Waals surface area contributed by atoms with Crippen molar-refractivity contribution in [3.8, 4) is 55.9 Å². The Kier molecular flexibility index (Phi) is 9.68. The molecule has 0 fully saturated rings. The van der Waals surface area contributed by atoms with E-state index in [9.17, 15) is 4.79 Å². The van der Waals surface area contributed by atoms with Gasteiger partial charge in [0, 0.05) is 61.8 Å². The van der Waals surface area contributed by atoms with Crippen LogP contribution < -0.4 is 10.4 Å². The van der Waals surface area contributed by atoms with E-state index in [1.54, 1.807) is 10.7 Å². The van der Waals surface area contributed by atoms with Crippen molar-refractivity contribution >= 4 is 57.3 Å². The predicted molar refractivity (Wildman–Crippen MR) is 267 cm³/mol. The van der Waals surface area contributed by atoms with E-state index in [1.165, 1.54) is 6.07 Å². The third kappa shape index (κ3) is 7.42. The molecule has 0 saturated carbocycles. The second-order valence-electron chi connectivity index (χ2n) is 16.5. The smallest absolute Gasteiger partial charge is 0.336 e. The van der Waals surface area contributed by atoms with Gasteiger partial charge in [-0.25, -0.2) is 19.4 Å². The van der Waals surface area contributed by atoms with E-state index < -0.39 is 5.63 Å². The van der Waals surface area contributed by atoms with Crippen LogP contribution >= 0.6 is 0 Å².